The Morgan fingerprint density at radius 2 is 2.39 bits per heavy atom. The summed E-state index contributed by atoms with van der Waals surface area (Å²) in [5.74, 6) is 0. The van der Waals surface area contributed by atoms with E-state index >= 15 is 0 Å². The van der Waals surface area contributed by atoms with Crippen LogP contribution in [0.3, 0.4) is 0 Å². The van der Waals surface area contributed by atoms with Crippen molar-refractivity contribution in [3.8, 4) is 0 Å². The third-order valence-electron chi connectivity index (χ3n) is 3.41. The van der Waals surface area contributed by atoms with Gasteiger partial charge < -0.3 is 4.74 Å². The molecule has 1 saturated heterocycles. The van der Waals surface area contributed by atoms with Crippen molar-refractivity contribution >= 4 is 49.0 Å². The fraction of sp³-hybridized carbons (Fsp3) is 0.429. The van der Waals surface area contributed by atoms with Crippen molar-refractivity contribution in [2.75, 3.05) is 6.61 Å². The molecular weight excluding hydrogens is 332 g/mol. The summed E-state index contributed by atoms with van der Waals surface area (Å²) < 4.78 is 8.10. The Labute approximate surface area is 124 Å². The van der Waals surface area contributed by atoms with Gasteiger partial charge >= 0.3 is 0 Å². The highest BCUT2D eigenvalue weighted by Gasteiger charge is 2.22. The first-order valence-electron chi connectivity index (χ1n) is 6.17. The fourth-order valence-electron chi connectivity index (χ4n) is 2.47. The van der Waals surface area contributed by atoms with Crippen LogP contribution < -0.4 is 0 Å². The summed E-state index contributed by atoms with van der Waals surface area (Å²) in [7, 11) is 0. The van der Waals surface area contributed by atoms with E-state index in [9.17, 15) is 0 Å². The van der Waals surface area contributed by atoms with Gasteiger partial charge in [-0.1, -0.05) is 12.1 Å². The summed E-state index contributed by atoms with van der Waals surface area (Å²) in [5, 5.41) is 3.51. The highest BCUT2D eigenvalue weighted by molar-refractivity contribution is 9.10. The summed E-state index contributed by atoms with van der Waals surface area (Å²) in [4.78, 5) is 0. The molecule has 4 heteroatoms. The minimum atomic E-state index is 0.0520. The molecule has 2 unspecified atom stereocenters. The topological polar surface area (TPSA) is 9.23 Å². The molecule has 3 rings (SSSR count). The molecule has 96 valence electrons. The van der Waals surface area contributed by atoms with Crippen LogP contribution >= 0.6 is 38.9 Å². The van der Waals surface area contributed by atoms with Gasteiger partial charge in [-0.2, -0.15) is 0 Å². The Balaban J connectivity index is 1.86. The van der Waals surface area contributed by atoms with Crippen LogP contribution in [0.5, 0.6) is 0 Å². The summed E-state index contributed by atoms with van der Waals surface area (Å²) in [6.45, 7) is 0.893. The molecule has 1 aliphatic rings. The summed E-state index contributed by atoms with van der Waals surface area (Å²) in [6, 6.07) is 6.29. The Hall–Kier alpha value is -0.0900. The lowest BCUT2D eigenvalue weighted by molar-refractivity contribution is 0.103. The average molecular weight is 346 g/mol. The SMILES string of the molecule is ClC(CC1CCCO1)c1csc2c(Br)cccc12. The minimum absolute atomic E-state index is 0.0520. The maximum atomic E-state index is 6.57. The number of alkyl halides is 1. The molecule has 1 aromatic heterocycles. The van der Waals surface area contributed by atoms with Crippen LogP contribution in [-0.2, 0) is 4.74 Å². The van der Waals surface area contributed by atoms with Gasteiger partial charge in [0.1, 0.15) is 0 Å². The summed E-state index contributed by atoms with van der Waals surface area (Å²) in [6.07, 6.45) is 3.58. The van der Waals surface area contributed by atoms with Crippen LogP contribution in [0.2, 0.25) is 0 Å². The second-order valence-electron chi connectivity index (χ2n) is 4.65. The molecule has 1 fully saturated rings. The van der Waals surface area contributed by atoms with Crippen LogP contribution in [0, 0.1) is 0 Å². The Morgan fingerprint density at radius 3 is 3.17 bits per heavy atom. The highest BCUT2D eigenvalue weighted by atomic mass is 79.9. The molecule has 0 amide bonds. The van der Waals surface area contributed by atoms with Crippen LogP contribution in [0.4, 0.5) is 0 Å². The number of hydrogen-bond acceptors (Lipinski definition) is 2. The first-order chi connectivity index (χ1) is 8.75. The molecule has 2 atom stereocenters. The zero-order valence-corrected chi connectivity index (χ0v) is 13.0. The maximum Gasteiger partial charge on any atom is 0.0624 e. The van der Waals surface area contributed by atoms with Gasteiger partial charge in [0.15, 0.2) is 0 Å². The molecule has 0 aliphatic carbocycles. The first kappa shape index (κ1) is 12.9. The fourth-order valence-corrected chi connectivity index (χ4v) is 4.60. The monoisotopic (exact) mass is 344 g/mol. The van der Waals surface area contributed by atoms with Crippen molar-refractivity contribution < 1.29 is 4.74 Å². The first-order valence-corrected chi connectivity index (χ1v) is 8.28. The van der Waals surface area contributed by atoms with E-state index in [0.717, 1.165) is 23.9 Å². The van der Waals surface area contributed by atoms with E-state index in [4.69, 9.17) is 16.3 Å². The molecule has 0 radical (unpaired) electrons. The Bertz CT molecular complexity index is 548. The number of fused-ring (bicyclic) bond motifs is 1. The maximum absolute atomic E-state index is 6.57. The van der Waals surface area contributed by atoms with Gasteiger partial charge in [-0.05, 0) is 57.6 Å². The highest BCUT2D eigenvalue weighted by Crippen LogP contribution is 2.39. The lowest BCUT2D eigenvalue weighted by Crippen LogP contribution is -2.07. The van der Waals surface area contributed by atoms with Gasteiger partial charge in [-0.3, -0.25) is 0 Å². The van der Waals surface area contributed by atoms with E-state index < -0.39 is 0 Å². The van der Waals surface area contributed by atoms with Gasteiger partial charge in [0.2, 0.25) is 0 Å². The van der Waals surface area contributed by atoms with E-state index in [2.05, 4.69) is 39.5 Å². The Morgan fingerprint density at radius 1 is 1.50 bits per heavy atom. The van der Waals surface area contributed by atoms with Gasteiger partial charge in [0.05, 0.1) is 11.5 Å². The molecule has 2 aromatic rings. The van der Waals surface area contributed by atoms with Gasteiger partial charge in [0.25, 0.3) is 0 Å². The van der Waals surface area contributed by atoms with Gasteiger partial charge in [-0.15, -0.1) is 22.9 Å². The van der Waals surface area contributed by atoms with Gasteiger partial charge in [-0.25, -0.2) is 0 Å². The molecule has 1 nitrogen and oxygen atoms in total. The molecule has 0 spiro atoms. The molecular formula is C14H14BrClOS. The second kappa shape index (κ2) is 5.49. The number of halogens is 2. The van der Waals surface area contributed by atoms with Crippen LogP contribution in [-0.4, -0.2) is 12.7 Å². The van der Waals surface area contributed by atoms with Crippen LogP contribution in [0.15, 0.2) is 28.1 Å². The van der Waals surface area contributed by atoms with E-state index in [1.54, 1.807) is 11.3 Å². The predicted octanol–water partition coefficient (Wildman–Crippen LogP) is 5.51. The molecule has 1 aromatic carbocycles. The van der Waals surface area contributed by atoms with E-state index in [1.807, 2.05) is 0 Å². The number of rotatable bonds is 3. The molecule has 2 heterocycles. The van der Waals surface area contributed by atoms with Crippen molar-refractivity contribution in [2.24, 2.45) is 0 Å². The molecule has 1 aliphatic heterocycles. The lowest BCUT2D eigenvalue weighted by Gasteiger charge is -2.14. The van der Waals surface area contributed by atoms with Crippen molar-refractivity contribution in [2.45, 2.75) is 30.7 Å². The summed E-state index contributed by atoms with van der Waals surface area (Å²) >= 11 is 11.9. The van der Waals surface area contributed by atoms with Gasteiger partial charge in [0, 0.05) is 15.8 Å². The minimum Gasteiger partial charge on any atom is -0.378 e. The largest absolute Gasteiger partial charge is 0.378 e. The number of hydrogen-bond donors (Lipinski definition) is 0. The Kier molecular flexibility index (Phi) is 3.94. The number of benzene rings is 1. The zero-order valence-electron chi connectivity index (χ0n) is 9.86. The molecule has 0 bridgehead atoms. The third-order valence-corrected chi connectivity index (χ3v) is 5.80. The quantitative estimate of drug-likeness (QED) is 0.666. The lowest BCUT2D eigenvalue weighted by atomic mass is 10.0. The summed E-state index contributed by atoms with van der Waals surface area (Å²) in [5.41, 5.74) is 1.24. The third kappa shape index (κ3) is 2.46. The van der Waals surface area contributed by atoms with E-state index in [-0.39, 0.29) is 5.38 Å². The van der Waals surface area contributed by atoms with Crippen molar-refractivity contribution in [1.29, 1.82) is 0 Å². The average Bonchev–Trinajstić information content (AvgIpc) is 2.98. The van der Waals surface area contributed by atoms with Crippen LogP contribution in [0.25, 0.3) is 10.1 Å². The standard InChI is InChI=1S/C14H14BrClOS/c15-12-5-1-4-10-11(8-18-14(10)12)13(16)7-9-3-2-6-17-9/h1,4-5,8-9,13H,2-3,6-7H2. The van der Waals surface area contributed by atoms with E-state index in [0.29, 0.717) is 6.10 Å². The number of ether oxygens (including phenoxy) is 1. The number of thiophene rings is 1. The van der Waals surface area contributed by atoms with Crippen molar-refractivity contribution in [3.05, 3.63) is 33.6 Å². The zero-order chi connectivity index (χ0) is 12.5. The smallest absolute Gasteiger partial charge is 0.0624 e. The molecule has 18 heavy (non-hydrogen) atoms. The molecule has 0 N–H and O–H groups in total. The predicted molar refractivity (Wildman–Crippen MR) is 81.7 cm³/mol. The van der Waals surface area contributed by atoms with Crippen molar-refractivity contribution in [1.82, 2.24) is 0 Å². The normalized spacial score (nSPS) is 21.6. The van der Waals surface area contributed by atoms with E-state index in [1.165, 1.54) is 22.1 Å². The molecule has 0 saturated carbocycles. The van der Waals surface area contributed by atoms with Crippen LogP contribution in [0.1, 0.15) is 30.2 Å². The van der Waals surface area contributed by atoms with Crippen molar-refractivity contribution in [3.63, 3.8) is 0 Å². The second-order valence-corrected chi connectivity index (χ2v) is 6.91.